The first-order valence-corrected chi connectivity index (χ1v) is 11.7. The van der Waals surface area contributed by atoms with Crippen molar-refractivity contribution in [1.29, 1.82) is 0 Å². The monoisotopic (exact) mass is 334 g/mol. The lowest BCUT2D eigenvalue weighted by Gasteiger charge is -2.18. The Labute approximate surface area is 144 Å². The van der Waals surface area contributed by atoms with Gasteiger partial charge in [-0.25, -0.2) is 0 Å². The molecule has 1 aromatic carbocycles. The molecule has 0 aliphatic heterocycles. The molecule has 0 fully saturated rings. The summed E-state index contributed by atoms with van der Waals surface area (Å²) in [5.74, 6) is 0. The van der Waals surface area contributed by atoms with Crippen molar-refractivity contribution in [3.63, 3.8) is 0 Å². The second kappa shape index (κ2) is 12.6. The SMILES string of the molecule is CCCCCP(=O)(CCCC=Cc1ccccc1)CCCCC. The smallest absolute Gasteiger partial charge is 0.0877 e. The van der Waals surface area contributed by atoms with Crippen molar-refractivity contribution in [2.45, 2.75) is 65.2 Å². The highest BCUT2D eigenvalue weighted by atomic mass is 31.2. The number of unbranched alkanes of at least 4 members (excludes halogenated alkanes) is 5. The van der Waals surface area contributed by atoms with E-state index in [1.807, 2.05) is 6.07 Å². The largest absolute Gasteiger partial charge is 0.324 e. The molecule has 0 saturated heterocycles. The minimum absolute atomic E-state index is 0.944. The lowest BCUT2D eigenvalue weighted by molar-refractivity contribution is 0.566. The first-order valence-electron chi connectivity index (χ1n) is 9.49. The fourth-order valence-corrected chi connectivity index (χ4v) is 5.95. The highest BCUT2D eigenvalue weighted by Crippen LogP contribution is 2.48. The molecule has 0 aliphatic carbocycles. The molecule has 0 bridgehead atoms. The van der Waals surface area contributed by atoms with E-state index >= 15 is 0 Å². The van der Waals surface area contributed by atoms with Gasteiger partial charge in [0, 0.05) is 18.5 Å². The molecule has 2 heteroatoms. The molecule has 0 atom stereocenters. The minimum Gasteiger partial charge on any atom is -0.324 e. The average Bonchev–Trinajstić information content (AvgIpc) is 2.56. The number of benzene rings is 1. The molecule has 0 spiro atoms. The summed E-state index contributed by atoms with van der Waals surface area (Å²) in [7, 11) is -1.92. The van der Waals surface area contributed by atoms with E-state index in [1.54, 1.807) is 0 Å². The third kappa shape index (κ3) is 9.82. The molecular formula is C21H35OP. The number of allylic oxidation sites excluding steroid dienone is 1. The van der Waals surface area contributed by atoms with Crippen LogP contribution >= 0.6 is 7.14 Å². The van der Waals surface area contributed by atoms with Crippen LogP contribution in [-0.4, -0.2) is 18.5 Å². The van der Waals surface area contributed by atoms with E-state index in [0.29, 0.717) is 0 Å². The van der Waals surface area contributed by atoms with Crippen LogP contribution in [0.4, 0.5) is 0 Å². The summed E-state index contributed by atoms with van der Waals surface area (Å²) < 4.78 is 13.2. The van der Waals surface area contributed by atoms with Gasteiger partial charge in [-0.1, -0.05) is 82.0 Å². The lowest BCUT2D eigenvalue weighted by Crippen LogP contribution is -2.01. The normalized spacial score (nSPS) is 12.1. The molecule has 130 valence electrons. The Kier molecular flexibility index (Phi) is 11.1. The van der Waals surface area contributed by atoms with Crippen molar-refractivity contribution in [2.75, 3.05) is 18.5 Å². The second-order valence-electron chi connectivity index (χ2n) is 6.60. The molecule has 0 saturated carbocycles. The Bertz CT molecular complexity index is 450. The highest BCUT2D eigenvalue weighted by molar-refractivity contribution is 7.63. The molecule has 23 heavy (non-hydrogen) atoms. The molecule has 0 heterocycles. The van der Waals surface area contributed by atoms with Crippen LogP contribution in [0.25, 0.3) is 6.08 Å². The number of hydrogen-bond donors (Lipinski definition) is 0. The van der Waals surface area contributed by atoms with Crippen LogP contribution in [0.3, 0.4) is 0 Å². The second-order valence-corrected chi connectivity index (χ2v) is 10.1. The fraction of sp³-hybridized carbons (Fsp3) is 0.619. The summed E-state index contributed by atoms with van der Waals surface area (Å²) in [5, 5.41) is 0. The quantitative estimate of drug-likeness (QED) is 0.275. The summed E-state index contributed by atoms with van der Waals surface area (Å²) in [6.45, 7) is 4.44. The highest BCUT2D eigenvalue weighted by Gasteiger charge is 2.20. The molecule has 0 aromatic heterocycles. The third-order valence-corrected chi connectivity index (χ3v) is 7.78. The molecule has 0 N–H and O–H groups in total. The van der Waals surface area contributed by atoms with Crippen molar-refractivity contribution < 1.29 is 4.57 Å². The van der Waals surface area contributed by atoms with Gasteiger partial charge in [0.25, 0.3) is 0 Å². The summed E-state index contributed by atoms with van der Waals surface area (Å²) in [6, 6.07) is 10.4. The van der Waals surface area contributed by atoms with Crippen LogP contribution in [0, 0.1) is 0 Å². The Balaban J connectivity index is 2.36. The van der Waals surface area contributed by atoms with Crippen molar-refractivity contribution >= 4 is 13.2 Å². The summed E-state index contributed by atoms with van der Waals surface area (Å²) in [4.78, 5) is 0. The molecule has 0 radical (unpaired) electrons. The van der Waals surface area contributed by atoms with Gasteiger partial charge in [-0.3, -0.25) is 0 Å². The lowest BCUT2D eigenvalue weighted by atomic mass is 10.2. The molecule has 0 unspecified atom stereocenters. The predicted molar refractivity (Wildman–Crippen MR) is 106 cm³/mol. The van der Waals surface area contributed by atoms with Crippen molar-refractivity contribution in [3.05, 3.63) is 42.0 Å². The minimum atomic E-state index is -1.92. The van der Waals surface area contributed by atoms with E-state index in [2.05, 4.69) is 50.3 Å². The third-order valence-electron chi connectivity index (χ3n) is 4.38. The van der Waals surface area contributed by atoms with E-state index in [0.717, 1.165) is 44.2 Å². The van der Waals surface area contributed by atoms with E-state index in [1.165, 1.54) is 31.2 Å². The first-order chi connectivity index (χ1) is 11.2. The van der Waals surface area contributed by atoms with Crippen LogP contribution in [0.2, 0.25) is 0 Å². The molecular weight excluding hydrogens is 299 g/mol. The van der Waals surface area contributed by atoms with Gasteiger partial charge in [0.1, 0.15) is 0 Å². The maximum Gasteiger partial charge on any atom is 0.0877 e. The van der Waals surface area contributed by atoms with Crippen LogP contribution in [0.1, 0.15) is 70.8 Å². The van der Waals surface area contributed by atoms with Gasteiger partial charge < -0.3 is 4.57 Å². The Hall–Kier alpha value is -0.810. The Morgan fingerprint density at radius 1 is 0.826 bits per heavy atom. The standard InChI is InChI=1S/C21H35OP/c1-3-5-12-18-23(22,19-13-6-4-2)20-14-8-11-17-21-15-9-7-10-16-21/h7,9-11,15-17H,3-6,8,12-14,18-20H2,1-2H3. The van der Waals surface area contributed by atoms with Gasteiger partial charge in [-0.05, 0) is 31.2 Å². The zero-order valence-corrected chi connectivity index (χ0v) is 16.1. The van der Waals surface area contributed by atoms with Gasteiger partial charge in [0.15, 0.2) is 0 Å². The maximum atomic E-state index is 13.2. The van der Waals surface area contributed by atoms with E-state index in [9.17, 15) is 4.57 Å². The molecule has 0 amide bonds. The van der Waals surface area contributed by atoms with Gasteiger partial charge >= 0.3 is 0 Å². The number of hydrogen-bond acceptors (Lipinski definition) is 1. The Morgan fingerprint density at radius 2 is 1.39 bits per heavy atom. The van der Waals surface area contributed by atoms with E-state index < -0.39 is 7.14 Å². The van der Waals surface area contributed by atoms with Crippen LogP contribution in [0.5, 0.6) is 0 Å². The van der Waals surface area contributed by atoms with Gasteiger partial charge in [-0.2, -0.15) is 0 Å². The number of rotatable bonds is 13. The van der Waals surface area contributed by atoms with Gasteiger partial charge in [-0.15, -0.1) is 0 Å². The van der Waals surface area contributed by atoms with E-state index in [-0.39, 0.29) is 0 Å². The van der Waals surface area contributed by atoms with E-state index in [4.69, 9.17) is 0 Å². The topological polar surface area (TPSA) is 17.1 Å². The van der Waals surface area contributed by atoms with Crippen molar-refractivity contribution in [1.82, 2.24) is 0 Å². The molecule has 1 nitrogen and oxygen atoms in total. The van der Waals surface area contributed by atoms with Crippen molar-refractivity contribution in [2.24, 2.45) is 0 Å². The van der Waals surface area contributed by atoms with Crippen molar-refractivity contribution in [3.8, 4) is 0 Å². The van der Waals surface area contributed by atoms with Crippen LogP contribution in [-0.2, 0) is 4.57 Å². The maximum absolute atomic E-state index is 13.2. The van der Waals surface area contributed by atoms with Crippen LogP contribution < -0.4 is 0 Å². The molecule has 0 aliphatic rings. The summed E-state index contributed by atoms with van der Waals surface area (Å²) >= 11 is 0. The molecule has 1 aromatic rings. The zero-order valence-electron chi connectivity index (χ0n) is 15.2. The average molecular weight is 334 g/mol. The fourth-order valence-electron chi connectivity index (χ4n) is 2.92. The first kappa shape index (κ1) is 20.2. The Morgan fingerprint density at radius 3 is 1.96 bits per heavy atom. The summed E-state index contributed by atoms with van der Waals surface area (Å²) in [6.07, 6.45) is 16.6. The van der Waals surface area contributed by atoms with Gasteiger partial charge in [0.05, 0.1) is 7.14 Å². The van der Waals surface area contributed by atoms with Gasteiger partial charge in [0.2, 0.25) is 0 Å². The summed E-state index contributed by atoms with van der Waals surface area (Å²) in [5.41, 5.74) is 1.25. The predicted octanol–water partition coefficient (Wildman–Crippen LogP) is 7.22. The zero-order chi connectivity index (χ0) is 16.8. The van der Waals surface area contributed by atoms with Crippen LogP contribution in [0.15, 0.2) is 36.4 Å². The molecule has 1 rings (SSSR count).